The third-order valence-electron chi connectivity index (χ3n) is 6.92. The Kier molecular flexibility index (Phi) is 5.70. The lowest BCUT2D eigenvalue weighted by molar-refractivity contribution is -0.161. The first kappa shape index (κ1) is 19.8. The number of rotatable bonds is 4. The van der Waals surface area contributed by atoms with Crippen molar-refractivity contribution in [2.75, 3.05) is 32.8 Å². The molecule has 1 aromatic rings. The van der Waals surface area contributed by atoms with Crippen LogP contribution < -0.4 is 0 Å². The molecule has 3 heterocycles. The van der Waals surface area contributed by atoms with Gasteiger partial charge < -0.3 is 9.64 Å². The Morgan fingerprint density at radius 3 is 2.64 bits per heavy atom. The van der Waals surface area contributed by atoms with Crippen molar-refractivity contribution in [3.63, 3.8) is 0 Å². The SMILES string of the molecule is CC1(CC(=O)N2CCOC3(CCN(Cc4cncc(F)c4)CC3)C2)CCCC1. The minimum atomic E-state index is -0.285. The molecule has 1 amide bonds. The Hall–Kier alpha value is -1.53. The Balaban J connectivity index is 1.31. The number of ether oxygens (including phenoxy) is 1. The highest BCUT2D eigenvalue weighted by molar-refractivity contribution is 5.77. The summed E-state index contributed by atoms with van der Waals surface area (Å²) in [6.45, 7) is 6.85. The fourth-order valence-corrected chi connectivity index (χ4v) is 5.16. The number of amides is 1. The molecule has 28 heavy (non-hydrogen) atoms. The summed E-state index contributed by atoms with van der Waals surface area (Å²) in [5.41, 5.74) is 0.897. The van der Waals surface area contributed by atoms with E-state index in [4.69, 9.17) is 4.74 Å². The number of carbonyl (C=O) groups excluding carboxylic acids is 1. The van der Waals surface area contributed by atoms with Crippen molar-refractivity contribution in [1.29, 1.82) is 0 Å². The normalized spacial score (nSPS) is 24.6. The number of nitrogens with zero attached hydrogens (tertiary/aromatic N) is 3. The van der Waals surface area contributed by atoms with Gasteiger partial charge in [-0.15, -0.1) is 0 Å². The molecule has 3 fully saturated rings. The van der Waals surface area contributed by atoms with E-state index >= 15 is 0 Å². The van der Waals surface area contributed by atoms with Crippen molar-refractivity contribution in [2.24, 2.45) is 5.41 Å². The molecular weight excluding hydrogens is 357 g/mol. The molecule has 1 aromatic heterocycles. The van der Waals surface area contributed by atoms with E-state index in [9.17, 15) is 9.18 Å². The van der Waals surface area contributed by atoms with E-state index in [1.54, 1.807) is 12.3 Å². The molecule has 4 rings (SSSR count). The molecule has 6 heteroatoms. The molecule has 5 nitrogen and oxygen atoms in total. The summed E-state index contributed by atoms with van der Waals surface area (Å²) in [6.07, 6.45) is 10.4. The number of hydrogen-bond acceptors (Lipinski definition) is 4. The summed E-state index contributed by atoms with van der Waals surface area (Å²) in [5.74, 6) is 0.0204. The van der Waals surface area contributed by atoms with E-state index in [2.05, 4.69) is 21.7 Å². The van der Waals surface area contributed by atoms with Gasteiger partial charge in [0.1, 0.15) is 5.82 Å². The molecule has 2 aliphatic heterocycles. The predicted octanol–water partition coefficient (Wildman–Crippen LogP) is 3.38. The minimum absolute atomic E-state index is 0.199. The minimum Gasteiger partial charge on any atom is -0.371 e. The lowest BCUT2D eigenvalue weighted by Crippen LogP contribution is -2.58. The lowest BCUT2D eigenvalue weighted by atomic mass is 9.84. The Bertz CT molecular complexity index is 697. The van der Waals surface area contributed by atoms with Crippen LogP contribution in [0, 0.1) is 11.2 Å². The smallest absolute Gasteiger partial charge is 0.223 e. The molecule has 1 saturated carbocycles. The van der Waals surface area contributed by atoms with Gasteiger partial charge in [-0.25, -0.2) is 4.39 Å². The predicted molar refractivity (Wildman–Crippen MR) is 105 cm³/mol. The van der Waals surface area contributed by atoms with Crippen LogP contribution in [0.3, 0.4) is 0 Å². The number of likely N-dealkylation sites (tertiary alicyclic amines) is 1. The second kappa shape index (κ2) is 8.07. The van der Waals surface area contributed by atoms with Gasteiger partial charge in [0.25, 0.3) is 0 Å². The molecule has 0 atom stereocenters. The first-order valence-corrected chi connectivity index (χ1v) is 10.7. The van der Waals surface area contributed by atoms with E-state index in [0.29, 0.717) is 25.5 Å². The number of carbonyl (C=O) groups is 1. The van der Waals surface area contributed by atoms with Crippen LogP contribution >= 0.6 is 0 Å². The van der Waals surface area contributed by atoms with Crippen LogP contribution in [0.15, 0.2) is 18.5 Å². The van der Waals surface area contributed by atoms with Gasteiger partial charge in [0.2, 0.25) is 5.91 Å². The highest BCUT2D eigenvalue weighted by Gasteiger charge is 2.42. The second-order valence-electron chi connectivity index (χ2n) is 9.33. The van der Waals surface area contributed by atoms with E-state index in [1.807, 2.05) is 0 Å². The van der Waals surface area contributed by atoms with Crippen LogP contribution in [0.25, 0.3) is 0 Å². The van der Waals surface area contributed by atoms with Crippen molar-refractivity contribution in [2.45, 2.75) is 64.0 Å². The average Bonchev–Trinajstić information content (AvgIpc) is 3.10. The summed E-state index contributed by atoms with van der Waals surface area (Å²) in [4.78, 5) is 21.3. The van der Waals surface area contributed by atoms with Gasteiger partial charge in [0, 0.05) is 45.3 Å². The zero-order valence-corrected chi connectivity index (χ0v) is 17.0. The fourth-order valence-electron chi connectivity index (χ4n) is 5.16. The van der Waals surface area contributed by atoms with Crippen molar-refractivity contribution in [3.8, 4) is 0 Å². The molecule has 1 spiro atoms. The van der Waals surface area contributed by atoms with Crippen molar-refractivity contribution in [1.82, 2.24) is 14.8 Å². The van der Waals surface area contributed by atoms with Crippen LogP contribution in [-0.4, -0.2) is 59.1 Å². The molecule has 0 unspecified atom stereocenters. The van der Waals surface area contributed by atoms with E-state index in [-0.39, 0.29) is 16.8 Å². The Morgan fingerprint density at radius 2 is 1.93 bits per heavy atom. The maximum absolute atomic E-state index is 13.4. The van der Waals surface area contributed by atoms with Gasteiger partial charge in [0.05, 0.1) is 18.4 Å². The molecule has 2 saturated heterocycles. The highest BCUT2D eigenvalue weighted by Crippen LogP contribution is 2.41. The zero-order chi connectivity index (χ0) is 19.6. The van der Waals surface area contributed by atoms with Crippen molar-refractivity contribution in [3.05, 3.63) is 29.8 Å². The first-order chi connectivity index (χ1) is 13.5. The number of hydrogen-bond donors (Lipinski definition) is 0. The van der Waals surface area contributed by atoms with Crippen molar-refractivity contribution < 1.29 is 13.9 Å². The molecular formula is C22H32FN3O2. The van der Waals surface area contributed by atoms with Crippen LogP contribution in [0.5, 0.6) is 0 Å². The second-order valence-corrected chi connectivity index (χ2v) is 9.33. The Morgan fingerprint density at radius 1 is 1.18 bits per heavy atom. The number of aromatic nitrogens is 1. The number of pyridine rings is 1. The molecule has 0 aromatic carbocycles. The van der Waals surface area contributed by atoms with Crippen LogP contribution in [-0.2, 0) is 16.1 Å². The number of piperidine rings is 1. The summed E-state index contributed by atoms with van der Waals surface area (Å²) in [5, 5.41) is 0. The first-order valence-electron chi connectivity index (χ1n) is 10.7. The molecule has 1 aliphatic carbocycles. The molecule has 3 aliphatic rings. The maximum Gasteiger partial charge on any atom is 0.223 e. The topological polar surface area (TPSA) is 45.7 Å². The number of halogens is 1. The van der Waals surface area contributed by atoms with Gasteiger partial charge in [-0.2, -0.15) is 0 Å². The van der Waals surface area contributed by atoms with Gasteiger partial charge in [0.15, 0.2) is 0 Å². The van der Waals surface area contributed by atoms with Gasteiger partial charge in [-0.05, 0) is 42.7 Å². The maximum atomic E-state index is 13.4. The third-order valence-corrected chi connectivity index (χ3v) is 6.92. The van der Waals surface area contributed by atoms with E-state index in [0.717, 1.165) is 44.6 Å². The quantitative estimate of drug-likeness (QED) is 0.792. The van der Waals surface area contributed by atoms with E-state index < -0.39 is 0 Å². The van der Waals surface area contributed by atoms with Crippen molar-refractivity contribution >= 4 is 5.91 Å². The van der Waals surface area contributed by atoms with Gasteiger partial charge >= 0.3 is 0 Å². The summed E-state index contributed by atoms with van der Waals surface area (Å²) >= 11 is 0. The average molecular weight is 390 g/mol. The van der Waals surface area contributed by atoms with Gasteiger partial charge in [-0.3, -0.25) is 14.7 Å². The highest BCUT2D eigenvalue weighted by atomic mass is 19.1. The Labute approximate surface area is 167 Å². The monoisotopic (exact) mass is 389 g/mol. The fraction of sp³-hybridized carbons (Fsp3) is 0.727. The number of morpholine rings is 1. The largest absolute Gasteiger partial charge is 0.371 e. The van der Waals surface area contributed by atoms with Crippen LogP contribution in [0.1, 0.15) is 57.4 Å². The summed E-state index contributed by atoms with van der Waals surface area (Å²) in [6, 6.07) is 1.55. The molecule has 0 bridgehead atoms. The molecule has 0 radical (unpaired) electrons. The molecule has 154 valence electrons. The van der Waals surface area contributed by atoms with E-state index in [1.165, 1.54) is 31.9 Å². The lowest BCUT2D eigenvalue weighted by Gasteiger charge is -2.47. The van der Waals surface area contributed by atoms with Gasteiger partial charge in [-0.1, -0.05) is 19.8 Å². The molecule has 0 N–H and O–H groups in total. The summed E-state index contributed by atoms with van der Waals surface area (Å²) in [7, 11) is 0. The van der Waals surface area contributed by atoms with Crippen LogP contribution in [0.4, 0.5) is 4.39 Å². The summed E-state index contributed by atoms with van der Waals surface area (Å²) < 4.78 is 19.6. The third kappa shape index (κ3) is 4.54. The van der Waals surface area contributed by atoms with Crippen LogP contribution in [0.2, 0.25) is 0 Å². The zero-order valence-electron chi connectivity index (χ0n) is 17.0. The standard InChI is InChI=1S/C22H32FN3O2/c1-21(4-2-3-5-21)13-20(27)26-10-11-28-22(17-26)6-8-25(9-7-22)16-18-12-19(23)15-24-14-18/h12,14-15H,2-11,13,16-17H2,1H3.